The van der Waals surface area contributed by atoms with Gasteiger partial charge in [0.2, 0.25) is 10.0 Å². The molecule has 0 aliphatic rings. The molecule has 0 aliphatic heterocycles. The zero-order valence-corrected chi connectivity index (χ0v) is 15.3. The molecule has 0 atom stereocenters. The van der Waals surface area contributed by atoms with Crippen molar-refractivity contribution in [1.29, 1.82) is 0 Å². The summed E-state index contributed by atoms with van der Waals surface area (Å²) < 4.78 is 27.1. The monoisotopic (exact) mass is 372 g/mol. The van der Waals surface area contributed by atoms with Gasteiger partial charge in [0, 0.05) is 36.4 Å². The highest BCUT2D eigenvalue weighted by Gasteiger charge is 2.26. The molecule has 23 heavy (non-hydrogen) atoms. The van der Waals surface area contributed by atoms with E-state index in [-0.39, 0.29) is 9.92 Å². The number of aryl methyl sites for hydroxylation is 1. The molecular formula is C16H18Cl2N2O2S. The van der Waals surface area contributed by atoms with Gasteiger partial charge in [0.25, 0.3) is 0 Å². The summed E-state index contributed by atoms with van der Waals surface area (Å²) in [6.45, 7) is 4.25. The SMILES string of the molecule is CCN(CCc1ccccn1)S(=O)(=O)c1cc(C)c(Cl)cc1Cl. The smallest absolute Gasteiger partial charge is 0.244 e. The molecule has 1 aromatic heterocycles. The summed E-state index contributed by atoms with van der Waals surface area (Å²) in [5.41, 5.74) is 1.52. The average Bonchev–Trinajstić information content (AvgIpc) is 2.52. The molecule has 0 spiro atoms. The predicted octanol–water partition coefficient (Wildman–Crippen LogP) is 3.95. The Morgan fingerprint density at radius 1 is 1.17 bits per heavy atom. The maximum absolute atomic E-state index is 12.8. The van der Waals surface area contributed by atoms with Gasteiger partial charge in [-0.2, -0.15) is 4.31 Å². The van der Waals surface area contributed by atoms with Crippen LogP contribution in [0.15, 0.2) is 41.4 Å². The van der Waals surface area contributed by atoms with Gasteiger partial charge in [-0.05, 0) is 36.8 Å². The summed E-state index contributed by atoms with van der Waals surface area (Å²) in [7, 11) is -3.68. The van der Waals surface area contributed by atoms with E-state index in [1.54, 1.807) is 20.0 Å². The van der Waals surface area contributed by atoms with Crippen molar-refractivity contribution in [1.82, 2.24) is 9.29 Å². The Morgan fingerprint density at radius 3 is 2.52 bits per heavy atom. The molecule has 1 aromatic carbocycles. The zero-order chi connectivity index (χ0) is 17.0. The molecular weight excluding hydrogens is 355 g/mol. The Morgan fingerprint density at radius 2 is 1.91 bits per heavy atom. The molecule has 2 aromatic rings. The van der Waals surface area contributed by atoms with E-state index in [0.29, 0.717) is 30.1 Å². The average molecular weight is 373 g/mol. The number of nitrogens with zero attached hydrogens (tertiary/aromatic N) is 2. The van der Waals surface area contributed by atoms with Crippen molar-refractivity contribution in [3.05, 3.63) is 57.8 Å². The summed E-state index contributed by atoms with van der Waals surface area (Å²) in [5.74, 6) is 0. The molecule has 0 fully saturated rings. The lowest BCUT2D eigenvalue weighted by molar-refractivity contribution is 0.429. The van der Waals surface area contributed by atoms with Gasteiger partial charge in [0.1, 0.15) is 4.90 Å². The van der Waals surface area contributed by atoms with E-state index in [0.717, 1.165) is 5.69 Å². The second-order valence-electron chi connectivity index (χ2n) is 5.10. The van der Waals surface area contributed by atoms with Gasteiger partial charge >= 0.3 is 0 Å². The van der Waals surface area contributed by atoms with E-state index >= 15 is 0 Å². The van der Waals surface area contributed by atoms with Gasteiger partial charge in [0.05, 0.1) is 5.02 Å². The van der Waals surface area contributed by atoms with Crippen LogP contribution in [0.3, 0.4) is 0 Å². The van der Waals surface area contributed by atoms with Crippen molar-refractivity contribution in [3.8, 4) is 0 Å². The third-order valence-corrected chi connectivity index (χ3v) is 6.37. The second kappa shape index (κ2) is 7.62. The van der Waals surface area contributed by atoms with E-state index in [1.165, 1.54) is 16.4 Å². The maximum Gasteiger partial charge on any atom is 0.244 e. The van der Waals surface area contributed by atoms with Crippen LogP contribution in [0, 0.1) is 6.92 Å². The fourth-order valence-corrected chi connectivity index (χ4v) is 4.46. The van der Waals surface area contributed by atoms with Crippen molar-refractivity contribution in [3.63, 3.8) is 0 Å². The fraction of sp³-hybridized carbons (Fsp3) is 0.312. The van der Waals surface area contributed by atoms with Crippen molar-refractivity contribution >= 4 is 33.2 Å². The van der Waals surface area contributed by atoms with E-state index in [1.807, 2.05) is 18.2 Å². The Labute approximate surface area is 147 Å². The molecule has 2 rings (SSSR count). The summed E-state index contributed by atoms with van der Waals surface area (Å²) in [6, 6.07) is 8.57. The normalized spacial score (nSPS) is 11.9. The molecule has 0 N–H and O–H groups in total. The highest BCUT2D eigenvalue weighted by molar-refractivity contribution is 7.89. The standard InChI is InChI=1S/C16H18Cl2N2O2S/c1-3-20(9-7-13-6-4-5-8-19-13)23(21,22)16-10-12(2)14(17)11-15(16)18/h4-6,8,10-11H,3,7,9H2,1-2H3. The number of rotatable bonds is 6. The molecule has 0 saturated heterocycles. The Hall–Kier alpha value is -1.14. The molecule has 7 heteroatoms. The first-order valence-electron chi connectivity index (χ1n) is 7.22. The molecule has 1 heterocycles. The van der Waals surface area contributed by atoms with Crippen molar-refractivity contribution in [2.24, 2.45) is 0 Å². The van der Waals surface area contributed by atoms with Crippen LogP contribution in [0.4, 0.5) is 0 Å². The van der Waals surface area contributed by atoms with Crippen LogP contribution in [0.1, 0.15) is 18.2 Å². The lowest BCUT2D eigenvalue weighted by atomic mass is 10.2. The number of benzene rings is 1. The minimum Gasteiger partial charge on any atom is -0.261 e. The van der Waals surface area contributed by atoms with E-state index in [4.69, 9.17) is 23.2 Å². The molecule has 0 amide bonds. The molecule has 4 nitrogen and oxygen atoms in total. The summed E-state index contributed by atoms with van der Waals surface area (Å²) in [6.07, 6.45) is 2.23. The van der Waals surface area contributed by atoms with Gasteiger partial charge in [-0.15, -0.1) is 0 Å². The van der Waals surface area contributed by atoms with Crippen LogP contribution >= 0.6 is 23.2 Å². The molecule has 0 saturated carbocycles. The number of hydrogen-bond donors (Lipinski definition) is 0. The number of aromatic nitrogens is 1. The number of halogens is 2. The van der Waals surface area contributed by atoms with Gasteiger partial charge in [-0.1, -0.05) is 36.2 Å². The predicted molar refractivity (Wildman–Crippen MR) is 93.6 cm³/mol. The topological polar surface area (TPSA) is 50.3 Å². The molecule has 0 bridgehead atoms. The first-order valence-corrected chi connectivity index (χ1v) is 9.41. The number of likely N-dealkylation sites (N-methyl/N-ethyl adjacent to an activating group) is 1. The zero-order valence-electron chi connectivity index (χ0n) is 13.0. The van der Waals surface area contributed by atoms with Gasteiger partial charge in [0.15, 0.2) is 0 Å². The van der Waals surface area contributed by atoms with Crippen molar-refractivity contribution in [2.45, 2.75) is 25.2 Å². The molecule has 0 aliphatic carbocycles. The number of pyridine rings is 1. The van der Waals surface area contributed by atoms with Crippen LogP contribution in [-0.2, 0) is 16.4 Å². The largest absolute Gasteiger partial charge is 0.261 e. The first kappa shape index (κ1) is 18.2. The quantitative estimate of drug-likeness (QED) is 0.771. The van der Waals surface area contributed by atoms with E-state index < -0.39 is 10.0 Å². The van der Waals surface area contributed by atoms with Gasteiger partial charge < -0.3 is 0 Å². The highest BCUT2D eigenvalue weighted by atomic mass is 35.5. The van der Waals surface area contributed by atoms with E-state index in [2.05, 4.69) is 4.98 Å². The third-order valence-electron chi connectivity index (χ3n) is 3.53. The lowest BCUT2D eigenvalue weighted by Gasteiger charge is -2.21. The first-order chi connectivity index (χ1) is 10.9. The van der Waals surface area contributed by atoms with Crippen LogP contribution in [-0.4, -0.2) is 30.8 Å². The van der Waals surface area contributed by atoms with Crippen LogP contribution < -0.4 is 0 Å². The summed E-state index contributed by atoms with van der Waals surface area (Å²) in [5, 5.41) is 0.586. The number of hydrogen-bond acceptors (Lipinski definition) is 3. The Kier molecular flexibility index (Phi) is 6.03. The van der Waals surface area contributed by atoms with Gasteiger partial charge in [-0.25, -0.2) is 8.42 Å². The molecule has 0 radical (unpaired) electrons. The summed E-state index contributed by atoms with van der Waals surface area (Å²) in [4.78, 5) is 4.31. The van der Waals surface area contributed by atoms with Crippen molar-refractivity contribution in [2.75, 3.05) is 13.1 Å². The third kappa shape index (κ3) is 4.23. The second-order valence-corrected chi connectivity index (χ2v) is 7.82. The van der Waals surface area contributed by atoms with E-state index in [9.17, 15) is 8.42 Å². The minimum absolute atomic E-state index is 0.0870. The lowest BCUT2D eigenvalue weighted by Crippen LogP contribution is -2.33. The molecule has 0 unspecified atom stereocenters. The van der Waals surface area contributed by atoms with Crippen LogP contribution in [0.5, 0.6) is 0 Å². The fourth-order valence-electron chi connectivity index (χ4n) is 2.20. The molecule has 124 valence electrons. The summed E-state index contributed by atoms with van der Waals surface area (Å²) >= 11 is 12.1. The Bertz CT molecular complexity index is 780. The van der Waals surface area contributed by atoms with Gasteiger partial charge in [-0.3, -0.25) is 4.98 Å². The maximum atomic E-state index is 12.8. The van der Waals surface area contributed by atoms with Crippen molar-refractivity contribution < 1.29 is 8.42 Å². The van der Waals surface area contributed by atoms with Crippen LogP contribution in [0.25, 0.3) is 0 Å². The van der Waals surface area contributed by atoms with Crippen LogP contribution in [0.2, 0.25) is 10.0 Å². The number of sulfonamides is 1. The Balaban J connectivity index is 2.27. The minimum atomic E-state index is -3.68. The highest BCUT2D eigenvalue weighted by Crippen LogP contribution is 2.30.